The van der Waals surface area contributed by atoms with Gasteiger partial charge in [-0.2, -0.15) is 0 Å². The summed E-state index contributed by atoms with van der Waals surface area (Å²) in [6.45, 7) is 0. The highest BCUT2D eigenvalue weighted by molar-refractivity contribution is 6.30. The van der Waals surface area contributed by atoms with E-state index < -0.39 is 11.5 Å². The number of nitrogens with two attached hydrogens (primary N) is 1. The van der Waals surface area contributed by atoms with Crippen LogP contribution in [0.2, 0.25) is 5.02 Å². The Kier molecular flexibility index (Phi) is 2.17. The molecule has 1 fully saturated rings. The zero-order chi connectivity index (χ0) is 11.3. The van der Waals surface area contributed by atoms with Gasteiger partial charge < -0.3 is 10.5 Å². The third-order valence-corrected chi connectivity index (χ3v) is 2.91. The fraction of sp³-hybridized carbons (Fsp3) is 0.400. The molecule has 1 unspecified atom stereocenters. The average Bonchev–Trinajstić information content (AvgIpc) is 2.67. The fourth-order valence-corrected chi connectivity index (χ4v) is 1.80. The number of rotatable bonds is 2. The Balaban J connectivity index is 2.48. The predicted octanol–water partition coefficient (Wildman–Crippen LogP) is 2.54. The normalized spacial score (nSPS) is 27.5. The van der Waals surface area contributed by atoms with E-state index in [9.17, 15) is 8.78 Å². The molecule has 5 heteroatoms. The molecule has 0 heterocycles. The maximum atomic E-state index is 13.1. The predicted molar refractivity (Wildman–Crippen MR) is 53.4 cm³/mol. The first-order valence-corrected chi connectivity index (χ1v) is 4.79. The molecule has 1 aromatic carbocycles. The van der Waals surface area contributed by atoms with Crippen LogP contribution in [0, 0.1) is 0 Å². The molecule has 0 radical (unpaired) electrons. The molecule has 1 aliphatic carbocycles. The van der Waals surface area contributed by atoms with E-state index in [0.717, 1.165) is 0 Å². The summed E-state index contributed by atoms with van der Waals surface area (Å²) in [5, 5.41) is 0.373. The Morgan fingerprint density at radius 3 is 2.53 bits per heavy atom. The molecule has 15 heavy (non-hydrogen) atoms. The molecule has 2 N–H and O–H groups in total. The number of halogens is 3. The Hall–Kier alpha value is -0.870. The van der Waals surface area contributed by atoms with Crippen molar-refractivity contribution in [3.63, 3.8) is 0 Å². The Bertz CT molecular complexity index is 410. The lowest BCUT2D eigenvalue weighted by molar-refractivity contribution is 0.0884. The molecule has 1 aromatic rings. The van der Waals surface area contributed by atoms with Crippen molar-refractivity contribution in [1.82, 2.24) is 0 Å². The minimum absolute atomic E-state index is 0.266. The minimum Gasteiger partial charge on any atom is -0.496 e. The van der Waals surface area contributed by atoms with Gasteiger partial charge in [-0.25, -0.2) is 8.78 Å². The molecule has 1 aliphatic rings. The van der Waals surface area contributed by atoms with Gasteiger partial charge in [-0.3, -0.25) is 0 Å². The topological polar surface area (TPSA) is 35.2 Å². The SMILES string of the molecule is COc1ccc(Cl)cc1C1(N)CC1(F)F. The molecule has 0 amide bonds. The van der Waals surface area contributed by atoms with Crippen LogP contribution in [0.4, 0.5) is 8.78 Å². The van der Waals surface area contributed by atoms with Crippen molar-refractivity contribution in [2.24, 2.45) is 5.73 Å². The van der Waals surface area contributed by atoms with Crippen LogP contribution < -0.4 is 10.5 Å². The Labute approximate surface area is 91.0 Å². The number of benzene rings is 1. The van der Waals surface area contributed by atoms with Crippen LogP contribution in [-0.4, -0.2) is 13.0 Å². The molecular formula is C10H10ClF2NO. The second-order valence-electron chi connectivity index (χ2n) is 3.70. The van der Waals surface area contributed by atoms with Gasteiger partial charge in [0, 0.05) is 17.0 Å². The number of alkyl halides is 2. The van der Waals surface area contributed by atoms with E-state index >= 15 is 0 Å². The average molecular weight is 234 g/mol. The van der Waals surface area contributed by atoms with Gasteiger partial charge >= 0.3 is 0 Å². The summed E-state index contributed by atoms with van der Waals surface area (Å²) in [5.41, 5.74) is 4.25. The molecule has 2 rings (SSSR count). The molecule has 1 atom stereocenters. The van der Waals surface area contributed by atoms with Crippen molar-refractivity contribution in [3.05, 3.63) is 28.8 Å². The minimum atomic E-state index is -2.87. The summed E-state index contributed by atoms with van der Waals surface area (Å²) < 4.78 is 31.2. The van der Waals surface area contributed by atoms with Gasteiger partial charge in [0.05, 0.1) is 7.11 Å². The van der Waals surface area contributed by atoms with E-state index in [4.69, 9.17) is 22.1 Å². The highest BCUT2D eigenvalue weighted by Gasteiger charge is 2.70. The lowest BCUT2D eigenvalue weighted by Gasteiger charge is -2.15. The van der Waals surface area contributed by atoms with Crippen LogP contribution in [0.15, 0.2) is 18.2 Å². The number of ether oxygens (including phenoxy) is 1. The molecule has 0 spiro atoms. The van der Waals surface area contributed by atoms with Crippen molar-refractivity contribution in [1.29, 1.82) is 0 Å². The van der Waals surface area contributed by atoms with Crippen LogP contribution in [0.1, 0.15) is 12.0 Å². The standard InChI is InChI=1S/C10H10ClF2NO/c1-15-8-3-2-6(11)4-7(8)9(14)5-10(9,12)13/h2-4H,5,14H2,1H3. The molecule has 2 nitrogen and oxygen atoms in total. The number of hydrogen-bond acceptors (Lipinski definition) is 2. The fourth-order valence-electron chi connectivity index (χ4n) is 1.63. The van der Waals surface area contributed by atoms with E-state index in [2.05, 4.69) is 0 Å². The van der Waals surface area contributed by atoms with E-state index in [0.29, 0.717) is 10.8 Å². The quantitative estimate of drug-likeness (QED) is 0.852. The molecule has 0 aliphatic heterocycles. The zero-order valence-corrected chi connectivity index (χ0v) is 8.81. The van der Waals surface area contributed by atoms with E-state index in [1.165, 1.54) is 13.2 Å². The first kappa shape index (κ1) is 10.6. The van der Waals surface area contributed by atoms with Gasteiger partial charge in [-0.1, -0.05) is 11.6 Å². The molecule has 0 aromatic heterocycles. The second-order valence-corrected chi connectivity index (χ2v) is 4.13. The molecule has 0 bridgehead atoms. The Morgan fingerprint density at radius 2 is 2.07 bits per heavy atom. The van der Waals surface area contributed by atoms with Gasteiger partial charge in [-0.15, -0.1) is 0 Å². The van der Waals surface area contributed by atoms with Crippen molar-refractivity contribution in [2.75, 3.05) is 7.11 Å². The van der Waals surface area contributed by atoms with Crippen LogP contribution in [0.3, 0.4) is 0 Å². The smallest absolute Gasteiger partial charge is 0.272 e. The highest BCUT2D eigenvalue weighted by Crippen LogP contribution is 2.59. The van der Waals surface area contributed by atoms with Gasteiger partial charge in [0.15, 0.2) is 0 Å². The van der Waals surface area contributed by atoms with E-state index in [1.807, 2.05) is 0 Å². The Morgan fingerprint density at radius 1 is 1.47 bits per heavy atom. The van der Waals surface area contributed by atoms with Crippen LogP contribution >= 0.6 is 11.6 Å². The molecule has 82 valence electrons. The largest absolute Gasteiger partial charge is 0.496 e. The summed E-state index contributed by atoms with van der Waals surface area (Å²) in [4.78, 5) is 0. The number of hydrogen-bond donors (Lipinski definition) is 1. The third-order valence-electron chi connectivity index (χ3n) is 2.67. The third kappa shape index (κ3) is 1.48. The van der Waals surface area contributed by atoms with Crippen LogP contribution in [0.5, 0.6) is 5.75 Å². The van der Waals surface area contributed by atoms with E-state index in [1.54, 1.807) is 12.1 Å². The van der Waals surface area contributed by atoms with Crippen molar-refractivity contribution in [2.45, 2.75) is 17.9 Å². The zero-order valence-electron chi connectivity index (χ0n) is 8.06. The van der Waals surface area contributed by atoms with Crippen molar-refractivity contribution in [3.8, 4) is 5.75 Å². The molecule has 1 saturated carbocycles. The van der Waals surface area contributed by atoms with Gasteiger partial charge in [0.1, 0.15) is 11.3 Å². The second kappa shape index (κ2) is 3.06. The van der Waals surface area contributed by atoms with Crippen molar-refractivity contribution >= 4 is 11.6 Å². The summed E-state index contributed by atoms with van der Waals surface area (Å²) in [6, 6.07) is 4.55. The van der Waals surface area contributed by atoms with Crippen molar-refractivity contribution < 1.29 is 13.5 Å². The first-order chi connectivity index (χ1) is 6.90. The molecule has 0 saturated heterocycles. The lowest BCUT2D eigenvalue weighted by Crippen LogP contribution is -2.27. The lowest BCUT2D eigenvalue weighted by atomic mass is 10.0. The highest BCUT2D eigenvalue weighted by atomic mass is 35.5. The summed E-state index contributed by atoms with van der Waals surface area (Å²) in [5.74, 6) is -2.52. The molecular weight excluding hydrogens is 224 g/mol. The first-order valence-electron chi connectivity index (χ1n) is 4.41. The van der Waals surface area contributed by atoms with Gasteiger partial charge in [0.2, 0.25) is 0 Å². The van der Waals surface area contributed by atoms with Crippen LogP contribution in [0.25, 0.3) is 0 Å². The number of methoxy groups -OCH3 is 1. The summed E-state index contributed by atoms with van der Waals surface area (Å²) >= 11 is 5.74. The van der Waals surface area contributed by atoms with Crippen LogP contribution in [-0.2, 0) is 5.54 Å². The summed E-state index contributed by atoms with van der Waals surface area (Å²) in [6.07, 6.45) is -0.364. The van der Waals surface area contributed by atoms with E-state index in [-0.39, 0.29) is 12.0 Å². The van der Waals surface area contributed by atoms with Gasteiger partial charge in [-0.05, 0) is 18.2 Å². The maximum absolute atomic E-state index is 13.1. The van der Waals surface area contributed by atoms with Gasteiger partial charge in [0.25, 0.3) is 5.92 Å². The maximum Gasteiger partial charge on any atom is 0.272 e. The summed E-state index contributed by atoms with van der Waals surface area (Å²) in [7, 11) is 1.41. The monoisotopic (exact) mass is 233 g/mol.